The maximum absolute atomic E-state index is 16.0. The zero-order chi connectivity index (χ0) is 47.5. The van der Waals surface area contributed by atoms with Crippen LogP contribution in [0.3, 0.4) is 0 Å². The largest absolute Gasteiger partial charge is 0.509 e. The molecule has 17 nitrogen and oxygen atoms in total. The molecular weight excluding hydrogens is 975 g/mol. The Morgan fingerprint density at radius 1 is 0.906 bits per heavy atom. The summed E-state index contributed by atoms with van der Waals surface area (Å²) in [6.45, 7) is 4.58. The molecule has 2 unspecified atom stereocenters. The molecule has 0 amide bonds. The smallest absolute Gasteiger partial charge is 0.456 e. The van der Waals surface area contributed by atoms with Gasteiger partial charge in [0.1, 0.15) is 43.2 Å². The minimum absolute atomic E-state index is 0.0124. The summed E-state index contributed by atoms with van der Waals surface area (Å²) in [6, 6.07) is 6.58. The van der Waals surface area contributed by atoms with E-state index in [0.29, 0.717) is 12.8 Å². The van der Waals surface area contributed by atoms with Crippen LogP contribution in [0.25, 0.3) is 0 Å². The summed E-state index contributed by atoms with van der Waals surface area (Å²) in [6.07, 6.45) is -13.1. The number of Topliss-reactive ketones (excluding diaryl/α,β-unsaturated/α-hetero) is 1. The second kappa shape index (κ2) is 18.3. The van der Waals surface area contributed by atoms with Gasteiger partial charge >= 0.3 is 30.2 Å². The van der Waals surface area contributed by atoms with Crippen molar-refractivity contribution in [1.82, 2.24) is 0 Å². The van der Waals surface area contributed by atoms with Gasteiger partial charge in [0, 0.05) is 31.2 Å². The fourth-order valence-electron chi connectivity index (χ4n) is 9.67. The number of hydrogen-bond donors (Lipinski definition) is 3. The number of ether oxygens (including phenoxy) is 8. The zero-order valence-electron chi connectivity index (χ0n) is 35.0. The summed E-state index contributed by atoms with van der Waals surface area (Å²) in [5.41, 5.74) is -2.66. The molecule has 1 aliphatic heterocycles. The predicted molar refractivity (Wildman–Crippen MR) is 227 cm³/mol. The molecule has 1 aromatic carbocycles. The van der Waals surface area contributed by atoms with Gasteiger partial charge in [-0.05, 0) is 55.9 Å². The Morgan fingerprint density at radius 3 is 2.00 bits per heavy atom. The fraction of sp³-hybridized carbons (Fsp3) is 0.659. The van der Waals surface area contributed by atoms with Gasteiger partial charge in [0.05, 0.1) is 23.5 Å². The number of alkyl halides is 6. The Labute approximate surface area is 397 Å². The minimum Gasteiger partial charge on any atom is -0.456 e. The Hall–Kier alpha value is -2.84. The monoisotopic (exact) mass is 1020 g/mol. The lowest BCUT2D eigenvalue weighted by molar-refractivity contribution is -0.346. The van der Waals surface area contributed by atoms with Gasteiger partial charge in [-0.1, -0.05) is 102 Å². The molecule has 1 saturated heterocycles. The molecule has 11 atom stereocenters. The third-order valence-electron chi connectivity index (χ3n) is 13.1. The van der Waals surface area contributed by atoms with E-state index in [-0.39, 0.29) is 22.6 Å². The van der Waals surface area contributed by atoms with Crippen LogP contribution in [-0.2, 0) is 52.3 Å². The lowest BCUT2D eigenvalue weighted by atomic mass is 9.44. The van der Waals surface area contributed by atoms with Gasteiger partial charge in [0.25, 0.3) is 0 Å². The van der Waals surface area contributed by atoms with E-state index in [1.54, 1.807) is 18.2 Å². The summed E-state index contributed by atoms with van der Waals surface area (Å²) in [7, 11) is 0. The van der Waals surface area contributed by atoms with Crippen molar-refractivity contribution in [1.29, 1.82) is 0 Å². The lowest BCUT2D eigenvalue weighted by Crippen LogP contribution is -2.82. The average Bonchev–Trinajstić information content (AvgIpc) is 4.05. The molecule has 0 radical (unpaired) electrons. The van der Waals surface area contributed by atoms with Crippen LogP contribution in [0.4, 0.5) is 9.59 Å². The standard InChI is InChI=1S/C41H47Cl6NO16/c1-18-22(60-33(53)27(50)26(48)20-11-12-20)14-39(56)31(63-32(52)21-9-7-6-8-10-21)29-37(5,30(51)28(25(18)36(39,3)4)62-35(55)59-17-41(45,46)47)23(61-34(54)58-16-40(42,43)44)13-24-38(29,15-57-24)64-19(2)49/h6-10,20,22-24,26-29,31,50,56H,11-17,48H2,1-5H3/t22-,23-,24+,26?,27?,28+,29-,31-,37+,38-,39+/m0/s1. The van der Waals surface area contributed by atoms with Crippen molar-refractivity contribution >= 4 is 106 Å². The first-order valence-corrected chi connectivity index (χ1v) is 22.3. The molecule has 4 fully saturated rings. The first-order valence-electron chi connectivity index (χ1n) is 20.1. The van der Waals surface area contributed by atoms with Gasteiger partial charge in [-0.2, -0.15) is 0 Å². The van der Waals surface area contributed by atoms with E-state index in [0.717, 1.165) is 6.92 Å². The summed E-state index contributed by atoms with van der Waals surface area (Å²) in [5.74, 6) is -6.12. The Kier molecular flexibility index (Phi) is 14.5. The highest BCUT2D eigenvalue weighted by atomic mass is 35.6. The summed E-state index contributed by atoms with van der Waals surface area (Å²) in [4.78, 5) is 84.5. The number of benzene rings is 1. The van der Waals surface area contributed by atoms with E-state index in [2.05, 4.69) is 0 Å². The number of nitrogens with two attached hydrogens (primary N) is 1. The molecule has 6 rings (SSSR count). The highest BCUT2D eigenvalue weighted by molar-refractivity contribution is 6.68. The first kappa shape index (κ1) is 50.6. The molecule has 4 N–H and O–H groups in total. The van der Waals surface area contributed by atoms with Crippen molar-refractivity contribution in [3.8, 4) is 0 Å². The van der Waals surface area contributed by atoms with E-state index in [4.69, 9.17) is 113 Å². The number of ketones is 1. The highest BCUT2D eigenvalue weighted by Crippen LogP contribution is 2.65. The van der Waals surface area contributed by atoms with Gasteiger partial charge in [0.15, 0.2) is 23.6 Å². The number of aliphatic hydroxyl groups excluding tert-OH is 1. The molecule has 23 heteroatoms. The highest BCUT2D eigenvalue weighted by Gasteiger charge is 2.79. The zero-order valence-corrected chi connectivity index (χ0v) is 39.5. The summed E-state index contributed by atoms with van der Waals surface area (Å²) in [5, 5.41) is 24.8. The van der Waals surface area contributed by atoms with Gasteiger partial charge in [-0.15, -0.1) is 0 Å². The predicted octanol–water partition coefficient (Wildman–Crippen LogP) is 5.79. The minimum atomic E-state index is -2.54. The Morgan fingerprint density at radius 2 is 1.48 bits per heavy atom. The molecular formula is C41H47Cl6NO16. The van der Waals surface area contributed by atoms with E-state index >= 15 is 4.79 Å². The number of fused-ring (bicyclic) bond motifs is 5. The molecule has 5 aliphatic rings. The van der Waals surface area contributed by atoms with Crippen molar-refractivity contribution in [2.24, 2.45) is 28.4 Å². The number of halogens is 6. The van der Waals surface area contributed by atoms with Crippen LogP contribution in [0.15, 0.2) is 41.5 Å². The maximum Gasteiger partial charge on any atom is 0.509 e. The van der Waals surface area contributed by atoms with Gasteiger partial charge in [-0.3, -0.25) is 9.59 Å². The molecule has 1 heterocycles. The van der Waals surface area contributed by atoms with Crippen molar-refractivity contribution in [2.75, 3.05) is 19.8 Å². The molecule has 2 bridgehead atoms. The second-order valence-electron chi connectivity index (χ2n) is 17.4. The molecule has 0 spiro atoms. The van der Waals surface area contributed by atoms with Gasteiger partial charge in [-0.25, -0.2) is 19.2 Å². The summed E-state index contributed by atoms with van der Waals surface area (Å²) >= 11 is 35.1. The third-order valence-corrected chi connectivity index (χ3v) is 13.7. The Bertz CT molecular complexity index is 2060. The van der Waals surface area contributed by atoms with Crippen LogP contribution in [-0.4, -0.2) is 127 Å². The normalized spacial score (nSPS) is 33.0. The van der Waals surface area contributed by atoms with Crippen molar-refractivity contribution in [3.63, 3.8) is 0 Å². The second-order valence-corrected chi connectivity index (χ2v) is 22.5. The van der Waals surface area contributed by atoms with Crippen molar-refractivity contribution in [2.45, 2.75) is 122 Å². The molecule has 64 heavy (non-hydrogen) atoms. The van der Waals surface area contributed by atoms with E-state index in [1.165, 1.54) is 39.8 Å². The van der Waals surface area contributed by atoms with E-state index in [9.17, 15) is 34.2 Å². The number of rotatable bonds is 11. The van der Waals surface area contributed by atoms with Gasteiger partial charge < -0.3 is 53.8 Å². The lowest BCUT2D eigenvalue weighted by Gasteiger charge is -2.67. The van der Waals surface area contributed by atoms with E-state index < -0.39 is 147 Å². The molecule has 354 valence electrons. The van der Waals surface area contributed by atoms with Gasteiger partial charge in [0.2, 0.25) is 7.59 Å². The molecule has 4 aliphatic carbocycles. The van der Waals surface area contributed by atoms with Crippen molar-refractivity contribution in [3.05, 3.63) is 47.0 Å². The Balaban J connectivity index is 1.62. The van der Waals surface area contributed by atoms with Crippen LogP contribution >= 0.6 is 69.6 Å². The molecule has 0 aromatic heterocycles. The number of carbonyl (C=O) groups excluding carboxylic acids is 6. The fourth-order valence-corrected chi connectivity index (χ4v) is 10.00. The molecule has 3 saturated carbocycles. The van der Waals surface area contributed by atoms with E-state index in [1.807, 2.05) is 0 Å². The first-order chi connectivity index (χ1) is 29.6. The van der Waals surface area contributed by atoms with Crippen LogP contribution in [0.5, 0.6) is 0 Å². The molecule has 1 aromatic rings. The SMILES string of the molecule is CC(=O)O[C@@]12CO[C@@H]1C[C@H](OC(=O)OCC(Cl)(Cl)Cl)[C@@]1(C)C(=O)[C@H](OC(=O)OCC(Cl)(Cl)Cl)C3=C(C)[C@@H](OC(=O)C(O)C(N)C4CC4)C[C@@](O)([C@@H](OC(=O)c4ccccc4)[C@H]21)C3(C)C. The quantitative estimate of drug-likeness (QED) is 0.103. The topological polar surface area (TPSA) is 243 Å². The number of hydrogen-bond acceptors (Lipinski definition) is 17. The number of esters is 3. The maximum atomic E-state index is 16.0. The van der Waals surface area contributed by atoms with Crippen LogP contribution < -0.4 is 5.73 Å². The van der Waals surface area contributed by atoms with Crippen LogP contribution in [0.1, 0.15) is 70.7 Å². The average molecular weight is 1020 g/mol. The van der Waals surface area contributed by atoms with Crippen LogP contribution in [0, 0.1) is 22.7 Å². The number of carbonyl (C=O) groups is 6. The summed E-state index contributed by atoms with van der Waals surface area (Å²) < 4.78 is 42.0. The third kappa shape index (κ3) is 9.76. The van der Waals surface area contributed by atoms with Crippen molar-refractivity contribution < 1.29 is 76.9 Å². The number of aliphatic hydroxyl groups is 2. The van der Waals surface area contributed by atoms with Crippen LogP contribution in [0.2, 0.25) is 0 Å².